The fourth-order valence-electron chi connectivity index (χ4n) is 6.19. The van der Waals surface area contributed by atoms with Gasteiger partial charge in [0.25, 0.3) is 30.4 Å². The molecule has 0 saturated carbocycles. The maximum Gasteiger partial charge on any atom is 0.295 e. The van der Waals surface area contributed by atoms with Crippen molar-refractivity contribution >= 4 is 102 Å². The molecule has 7 aromatic carbocycles. The Labute approximate surface area is 330 Å². The summed E-state index contributed by atoms with van der Waals surface area (Å²) in [6.07, 6.45) is 0. The van der Waals surface area contributed by atoms with Gasteiger partial charge in [0.1, 0.15) is 15.5 Å². The number of nitrogens with zero attached hydrogens (tertiary/aromatic N) is 6. The summed E-state index contributed by atoms with van der Waals surface area (Å²) in [7, 11) is -12.8. The van der Waals surface area contributed by atoms with Crippen molar-refractivity contribution in [2.75, 3.05) is 12.8 Å². The highest BCUT2D eigenvalue weighted by Gasteiger charge is 2.21. The highest BCUT2D eigenvalue weighted by Crippen LogP contribution is 2.40. The van der Waals surface area contributed by atoms with E-state index in [-0.39, 0.29) is 27.0 Å². The highest BCUT2D eigenvalue weighted by molar-refractivity contribution is 7.86. The zero-order valence-corrected chi connectivity index (χ0v) is 32.5. The maximum atomic E-state index is 12.3. The van der Waals surface area contributed by atoms with Gasteiger partial charge in [0.05, 0.1) is 51.8 Å². The lowest BCUT2D eigenvalue weighted by Crippen LogP contribution is -2.03. The van der Waals surface area contributed by atoms with Crippen molar-refractivity contribution in [2.45, 2.75) is 21.6 Å². The molecule has 5 N–H and O–H groups in total. The van der Waals surface area contributed by atoms with Crippen molar-refractivity contribution in [3.63, 3.8) is 0 Å². The standard InChI is InChI=1S/C38H29N7O10S3/c1-21-16-30(39)36(55-2)20-35(21)45-44-34-15-14-33(26-11-10-23(19-28(26)34)56(46,47)48)43-42-32-13-12-31(24-6-3-4-7-25(24)32)41-40-22-17-29-27(38(18-22)58(52,53)54)8-5-9-37(29)57(49,50)51/h3-20H,39H2,1-2H3,(H,46,47,48)(H,49,50,51)(H,52,53,54). The summed E-state index contributed by atoms with van der Waals surface area (Å²) in [5.74, 6) is 0.397. The monoisotopic (exact) mass is 839 g/mol. The molecule has 0 amide bonds. The maximum absolute atomic E-state index is 12.3. The Balaban J connectivity index is 1.28. The van der Waals surface area contributed by atoms with Crippen LogP contribution in [0, 0.1) is 6.92 Å². The van der Waals surface area contributed by atoms with Gasteiger partial charge in [-0.15, -0.1) is 20.5 Å². The van der Waals surface area contributed by atoms with E-state index in [0.29, 0.717) is 61.3 Å². The van der Waals surface area contributed by atoms with Gasteiger partial charge in [-0.25, -0.2) is 0 Å². The third-order valence-electron chi connectivity index (χ3n) is 8.93. The minimum atomic E-state index is -4.87. The predicted molar refractivity (Wildman–Crippen MR) is 216 cm³/mol. The molecule has 20 heteroatoms. The van der Waals surface area contributed by atoms with Gasteiger partial charge in [0, 0.05) is 38.4 Å². The minimum Gasteiger partial charge on any atom is -0.495 e. The van der Waals surface area contributed by atoms with Crippen molar-refractivity contribution in [1.82, 2.24) is 0 Å². The Hall–Kier alpha value is -6.55. The first-order valence-electron chi connectivity index (χ1n) is 16.7. The van der Waals surface area contributed by atoms with Crippen molar-refractivity contribution in [3.05, 3.63) is 115 Å². The Morgan fingerprint density at radius 1 is 0.483 bits per heavy atom. The van der Waals surface area contributed by atoms with Crippen LogP contribution in [0.5, 0.6) is 5.75 Å². The van der Waals surface area contributed by atoms with E-state index >= 15 is 0 Å². The van der Waals surface area contributed by atoms with Crippen LogP contribution in [0.2, 0.25) is 0 Å². The molecule has 0 spiro atoms. The van der Waals surface area contributed by atoms with Crippen molar-refractivity contribution in [2.24, 2.45) is 30.7 Å². The van der Waals surface area contributed by atoms with Crippen LogP contribution in [0.3, 0.4) is 0 Å². The predicted octanol–water partition coefficient (Wildman–Crippen LogP) is 10.0. The number of methoxy groups -OCH3 is 1. The van der Waals surface area contributed by atoms with E-state index < -0.39 is 40.1 Å². The molecule has 0 unspecified atom stereocenters. The molecule has 294 valence electrons. The van der Waals surface area contributed by atoms with Crippen LogP contribution in [-0.2, 0) is 30.4 Å². The van der Waals surface area contributed by atoms with Crippen LogP contribution in [0.25, 0.3) is 32.3 Å². The molecule has 0 aliphatic carbocycles. The third kappa shape index (κ3) is 8.00. The molecule has 7 rings (SSSR count). The van der Waals surface area contributed by atoms with E-state index in [1.54, 1.807) is 67.6 Å². The van der Waals surface area contributed by atoms with Gasteiger partial charge in [-0.1, -0.05) is 42.5 Å². The molecule has 0 atom stereocenters. The van der Waals surface area contributed by atoms with Crippen molar-refractivity contribution in [1.29, 1.82) is 0 Å². The number of nitrogens with two attached hydrogens (primary N) is 1. The lowest BCUT2D eigenvalue weighted by atomic mass is 10.1. The first-order chi connectivity index (χ1) is 27.4. The zero-order valence-electron chi connectivity index (χ0n) is 30.1. The number of azo groups is 3. The van der Waals surface area contributed by atoms with Crippen molar-refractivity contribution < 1.29 is 43.6 Å². The SMILES string of the molecule is COc1cc(N=Nc2ccc(N=Nc3ccc(N=Nc4cc(S(=O)(=O)O)c5cccc(S(=O)(=O)O)c5c4)c4ccccc34)c3ccc(S(=O)(=O)O)cc23)c(C)cc1N. The molecule has 17 nitrogen and oxygen atoms in total. The zero-order chi connectivity index (χ0) is 41.6. The molecular formula is C38H29N7O10S3. The smallest absolute Gasteiger partial charge is 0.295 e. The van der Waals surface area contributed by atoms with E-state index in [1.807, 2.05) is 0 Å². The number of rotatable bonds is 10. The summed E-state index contributed by atoms with van der Waals surface area (Å²) in [4.78, 5) is -1.60. The highest BCUT2D eigenvalue weighted by atomic mass is 32.2. The molecule has 0 aliphatic heterocycles. The number of fused-ring (bicyclic) bond motifs is 3. The quantitative estimate of drug-likeness (QED) is 0.0571. The van der Waals surface area contributed by atoms with Gasteiger partial charge < -0.3 is 10.5 Å². The molecule has 0 heterocycles. The largest absolute Gasteiger partial charge is 0.495 e. The van der Waals surface area contributed by atoms with E-state index in [2.05, 4.69) is 30.7 Å². The topological polar surface area (TPSA) is 273 Å². The second kappa shape index (κ2) is 15.1. The Morgan fingerprint density at radius 2 is 1.00 bits per heavy atom. The molecule has 0 saturated heterocycles. The fraction of sp³-hybridized carbons (Fsp3) is 0.0526. The normalized spacial score (nSPS) is 12.8. The number of ether oxygens (including phenoxy) is 1. The molecule has 7 aromatic rings. The second-order valence-electron chi connectivity index (χ2n) is 12.7. The first-order valence-corrected chi connectivity index (χ1v) is 21.0. The summed E-state index contributed by atoms with van der Waals surface area (Å²) in [6, 6.07) is 26.4. The van der Waals surface area contributed by atoms with Crippen LogP contribution in [-0.4, -0.2) is 46.0 Å². The van der Waals surface area contributed by atoms with Gasteiger partial charge in [0.2, 0.25) is 0 Å². The van der Waals surface area contributed by atoms with Crippen molar-refractivity contribution in [3.8, 4) is 5.75 Å². The summed E-state index contributed by atoms with van der Waals surface area (Å²) >= 11 is 0. The lowest BCUT2D eigenvalue weighted by Gasteiger charge is -2.09. The number of benzene rings is 7. The molecule has 0 aliphatic rings. The third-order valence-corrected chi connectivity index (χ3v) is 11.6. The Kier molecular flexibility index (Phi) is 10.3. The fourth-order valence-corrected chi connectivity index (χ4v) is 8.12. The molecular weight excluding hydrogens is 811 g/mol. The summed E-state index contributed by atoms with van der Waals surface area (Å²) < 4.78 is 108. The molecule has 0 bridgehead atoms. The number of hydrogen-bond donors (Lipinski definition) is 4. The number of anilines is 1. The van der Waals surface area contributed by atoms with Gasteiger partial charge in [-0.2, -0.15) is 35.5 Å². The van der Waals surface area contributed by atoms with E-state index in [9.17, 15) is 38.9 Å². The summed E-state index contributed by atoms with van der Waals surface area (Å²) in [6.45, 7) is 1.79. The average Bonchev–Trinajstić information content (AvgIpc) is 3.17. The van der Waals surface area contributed by atoms with Gasteiger partial charge >= 0.3 is 0 Å². The Bertz CT molecular complexity index is 3280. The van der Waals surface area contributed by atoms with E-state index in [0.717, 1.165) is 12.1 Å². The van der Waals surface area contributed by atoms with Gasteiger partial charge in [-0.3, -0.25) is 13.7 Å². The number of nitrogen functional groups attached to an aromatic ring is 1. The minimum absolute atomic E-state index is 0.139. The molecule has 0 fully saturated rings. The summed E-state index contributed by atoms with van der Waals surface area (Å²) in [5.41, 5.74) is 8.72. The van der Waals surface area contributed by atoms with Crippen LogP contribution in [0.15, 0.2) is 155 Å². The van der Waals surface area contributed by atoms with Gasteiger partial charge in [0.15, 0.2) is 0 Å². The van der Waals surface area contributed by atoms with E-state index in [4.69, 9.17) is 10.5 Å². The van der Waals surface area contributed by atoms with Crippen LogP contribution in [0.1, 0.15) is 5.56 Å². The molecule has 0 aromatic heterocycles. The van der Waals surface area contributed by atoms with Gasteiger partial charge in [-0.05, 0) is 73.2 Å². The molecule has 0 radical (unpaired) electrons. The first kappa shape index (κ1) is 39.7. The summed E-state index contributed by atoms with van der Waals surface area (Å²) in [5, 5.41) is 27.6. The van der Waals surface area contributed by atoms with Crippen LogP contribution >= 0.6 is 0 Å². The van der Waals surface area contributed by atoms with Crippen LogP contribution < -0.4 is 10.5 Å². The number of hydrogen-bond acceptors (Lipinski definition) is 14. The Morgan fingerprint density at radius 3 is 1.55 bits per heavy atom. The average molecular weight is 840 g/mol. The lowest BCUT2D eigenvalue weighted by molar-refractivity contribution is 0.417. The van der Waals surface area contributed by atoms with E-state index in [1.165, 1.54) is 43.5 Å². The molecule has 58 heavy (non-hydrogen) atoms. The second-order valence-corrected chi connectivity index (χ2v) is 16.9. The van der Waals surface area contributed by atoms with Crippen LogP contribution in [0.4, 0.5) is 39.8 Å². The number of aryl methyl sites for hydroxylation is 1.